The highest BCUT2D eigenvalue weighted by Gasteiger charge is 2.14. The van der Waals surface area contributed by atoms with Gasteiger partial charge >= 0.3 is 0 Å². The van der Waals surface area contributed by atoms with Gasteiger partial charge in [0.25, 0.3) is 0 Å². The number of hydrogen-bond donors (Lipinski definition) is 3. The van der Waals surface area contributed by atoms with Gasteiger partial charge < -0.3 is 34.7 Å². The van der Waals surface area contributed by atoms with Crippen LogP contribution in [-0.4, -0.2) is 57.5 Å². The highest BCUT2D eigenvalue weighted by atomic mass is 16.5. The van der Waals surface area contributed by atoms with Gasteiger partial charge in [-0.15, -0.1) is 0 Å². The maximum atomic E-state index is 12.3. The summed E-state index contributed by atoms with van der Waals surface area (Å²) in [5.41, 5.74) is 5.92. The van der Waals surface area contributed by atoms with Crippen LogP contribution in [0.3, 0.4) is 0 Å². The third-order valence-corrected chi connectivity index (χ3v) is 7.00. The lowest BCUT2D eigenvalue weighted by Gasteiger charge is -2.15. The van der Waals surface area contributed by atoms with Gasteiger partial charge in [-0.2, -0.15) is 0 Å². The Kier molecular flexibility index (Phi) is 11.8. The maximum Gasteiger partial charge on any atom is 0.224 e. The Balaban J connectivity index is 1.49. The second-order valence-corrected chi connectivity index (χ2v) is 10.3. The summed E-state index contributed by atoms with van der Waals surface area (Å²) in [5, 5.41) is 15.2. The number of nitrogens with one attached hydrogen (secondary N) is 2. The van der Waals surface area contributed by atoms with Gasteiger partial charge in [-0.1, -0.05) is 12.5 Å². The number of allylic oxidation sites excluding steroid dienone is 3. The average molecular weight is 613 g/mol. The van der Waals surface area contributed by atoms with Crippen LogP contribution < -0.4 is 24.8 Å². The molecule has 10 nitrogen and oxygen atoms in total. The van der Waals surface area contributed by atoms with E-state index in [0.29, 0.717) is 65.1 Å². The minimum absolute atomic E-state index is 0.0971. The van der Waals surface area contributed by atoms with Crippen molar-refractivity contribution in [1.82, 2.24) is 0 Å². The number of aryl methyl sites for hydroxylation is 1. The zero-order valence-electron chi connectivity index (χ0n) is 26.3. The number of amides is 1. The van der Waals surface area contributed by atoms with E-state index in [-0.39, 0.29) is 12.5 Å². The molecule has 0 saturated heterocycles. The summed E-state index contributed by atoms with van der Waals surface area (Å²) in [6, 6.07) is 16.9. The third kappa shape index (κ3) is 8.96. The predicted molar refractivity (Wildman–Crippen MR) is 180 cm³/mol. The number of aliphatic hydroxyl groups is 1. The van der Waals surface area contributed by atoms with Crippen molar-refractivity contribution < 1.29 is 28.8 Å². The lowest BCUT2D eigenvalue weighted by atomic mass is 10.1. The van der Waals surface area contributed by atoms with E-state index in [4.69, 9.17) is 34.0 Å². The first-order valence-electron chi connectivity index (χ1n) is 14.7. The topological polar surface area (TPSA) is 123 Å². The largest absolute Gasteiger partial charge is 0.494 e. The van der Waals surface area contributed by atoms with Crippen molar-refractivity contribution in [1.29, 1.82) is 0 Å². The van der Waals surface area contributed by atoms with Crippen LogP contribution in [0, 0.1) is 6.92 Å². The first kappa shape index (κ1) is 32.8. The smallest absolute Gasteiger partial charge is 0.224 e. The monoisotopic (exact) mass is 612 g/mol. The standard InChI is InChI=1S/C35H40N4O6/c1-23-10-14-27(31(19-23)42-2)36-24-11-15-28(32(20-24)43-3)37-25-12-16-29(33(21-25)44-4)38-26-13-17-30(34(22-26)45-5)39-35(41)9-7-6-8-18-40/h10-17,19-22,38,40H,6-9,18H2,1-5H3,(H,39,41). The Morgan fingerprint density at radius 1 is 0.778 bits per heavy atom. The van der Waals surface area contributed by atoms with Gasteiger partial charge in [-0.25, -0.2) is 9.98 Å². The summed E-state index contributed by atoms with van der Waals surface area (Å²) in [6.45, 7) is 2.14. The van der Waals surface area contributed by atoms with Crippen LogP contribution in [-0.2, 0) is 9.53 Å². The Morgan fingerprint density at radius 3 is 2.27 bits per heavy atom. The number of unbranched alkanes of at least 4 members (excludes halogenated alkanes) is 2. The molecule has 236 valence electrons. The number of ether oxygens (including phenoxy) is 4. The molecule has 0 bridgehead atoms. The van der Waals surface area contributed by atoms with Gasteiger partial charge in [0.15, 0.2) is 0 Å². The number of methoxy groups -OCH3 is 4. The Labute approximate surface area is 264 Å². The number of benzene rings is 3. The summed E-state index contributed by atoms with van der Waals surface area (Å²) in [6.07, 6.45) is 8.17. The molecule has 3 aromatic carbocycles. The number of carbonyl (C=O) groups is 1. The lowest BCUT2D eigenvalue weighted by Crippen LogP contribution is -2.12. The van der Waals surface area contributed by atoms with Crippen molar-refractivity contribution in [2.75, 3.05) is 45.7 Å². The summed E-state index contributed by atoms with van der Waals surface area (Å²) < 4.78 is 22.3. The summed E-state index contributed by atoms with van der Waals surface area (Å²) in [5.74, 6) is 2.30. The molecule has 0 unspecified atom stereocenters. The molecule has 1 aliphatic carbocycles. The molecule has 0 radical (unpaired) electrons. The molecule has 0 atom stereocenters. The van der Waals surface area contributed by atoms with Crippen LogP contribution >= 0.6 is 0 Å². The van der Waals surface area contributed by atoms with E-state index < -0.39 is 0 Å². The van der Waals surface area contributed by atoms with Gasteiger partial charge in [0.2, 0.25) is 5.91 Å². The first-order chi connectivity index (χ1) is 21.9. The predicted octanol–water partition coefficient (Wildman–Crippen LogP) is 7.20. The molecule has 4 rings (SSSR count). The second-order valence-electron chi connectivity index (χ2n) is 10.3. The number of carbonyl (C=O) groups excluding carboxylic acids is 1. The summed E-state index contributed by atoms with van der Waals surface area (Å²) in [4.78, 5) is 21.9. The highest BCUT2D eigenvalue weighted by molar-refractivity contribution is 6.21. The maximum absolute atomic E-state index is 12.3. The van der Waals surface area contributed by atoms with Gasteiger partial charge in [0.1, 0.15) is 34.4 Å². The number of nitrogens with zero attached hydrogens (tertiary/aromatic N) is 2. The van der Waals surface area contributed by atoms with E-state index in [1.54, 1.807) is 34.5 Å². The van der Waals surface area contributed by atoms with E-state index in [0.717, 1.165) is 29.0 Å². The van der Waals surface area contributed by atoms with Crippen LogP contribution in [0.1, 0.15) is 31.2 Å². The number of hydrogen-bond acceptors (Lipinski definition) is 9. The third-order valence-electron chi connectivity index (χ3n) is 7.00. The molecule has 0 fully saturated rings. The van der Waals surface area contributed by atoms with Crippen LogP contribution in [0.25, 0.3) is 0 Å². The molecule has 1 aliphatic rings. The Bertz CT molecular complexity index is 1630. The van der Waals surface area contributed by atoms with Crippen molar-refractivity contribution in [2.24, 2.45) is 9.98 Å². The molecule has 10 heteroatoms. The van der Waals surface area contributed by atoms with Gasteiger partial charge in [0, 0.05) is 36.9 Å². The number of aliphatic imine (C=N–C) groups is 2. The van der Waals surface area contributed by atoms with Crippen LogP contribution in [0.15, 0.2) is 88.6 Å². The van der Waals surface area contributed by atoms with Crippen molar-refractivity contribution in [2.45, 2.75) is 32.6 Å². The molecule has 45 heavy (non-hydrogen) atoms. The van der Waals surface area contributed by atoms with Crippen molar-refractivity contribution in [3.63, 3.8) is 0 Å². The number of rotatable bonds is 14. The van der Waals surface area contributed by atoms with Crippen LogP contribution in [0.2, 0.25) is 0 Å². The van der Waals surface area contributed by atoms with E-state index in [1.807, 2.05) is 73.7 Å². The second kappa shape index (κ2) is 16.1. The SMILES string of the molecule is COC1=CC(=Nc2ccc(C)cc2OC)C=CC1=Nc1ccc(Nc2ccc(NC(=O)CCCCCO)c(OC)c2)c(OC)c1. The van der Waals surface area contributed by atoms with E-state index in [1.165, 1.54) is 0 Å². The molecule has 0 heterocycles. The molecule has 0 spiro atoms. The molecular formula is C35H40N4O6. The number of anilines is 3. The van der Waals surface area contributed by atoms with Crippen molar-refractivity contribution >= 4 is 45.8 Å². The van der Waals surface area contributed by atoms with Crippen molar-refractivity contribution in [3.8, 4) is 17.2 Å². The fraction of sp³-hybridized carbons (Fsp3) is 0.286. The lowest BCUT2D eigenvalue weighted by molar-refractivity contribution is -0.116. The average Bonchev–Trinajstić information content (AvgIpc) is 3.05. The normalized spacial score (nSPS) is 14.2. The van der Waals surface area contributed by atoms with Gasteiger partial charge in [-0.3, -0.25) is 4.79 Å². The first-order valence-corrected chi connectivity index (χ1v) is 14.7. The van der Waals surface area contributed by atoms with E-state index in [9.17, 15) is 4.79 Å². The summed E-state index contributed by atoms with van der Waals surface area (Å²) in [7, 11) is 6.38. The van der Waals surface area contributed by atoms with Crippen molar-refractivity contribution in [3.05, 3.63) is 84.1 Å². The molecule has 3 N–H and O–H groups in total. The molecule has 1 amide bonds. The zero-order chi connectivity index (χ0) is 32.2. The molecule has 0 aliphatic heterocycles. The number of aliphatic hydroxyl groups excluding tert-OH is 1. The highest BCUT2D eigenvalue weighted by Crippen LogP contribution is 2.35. The quantitative estimate of drug-likeness (QED) is 0.130. The van der Waals surface area contributed by atoms with Gasteiger partial charge in [-0.05, 0) is 73.9 Å². The minimum atomic E-state index is -0.0971. The fourth-order valence-electron chi connectivity index (χ4n) is 4.65. The van der Waals surface area contributed by atoms with E-state index >= 15 is 0 Å². The van der Waals surface area contributed by atoms with Crippen LogP contribution in [0.4, 0.5) is 28.4 Å². The van der Waals surface area contributed by atoms with Gasteiger partial charge in [0.05, 0.1) is 51.2 Å². The Morgan fingerprint density at radius 2 is 1.53 bits per heavy atom. The minimum Gasteiger partial charge on any atom is -0.494 e. The molecule has 0 aromatic heterocycles. The zero-order valence-corrected chi connectivity index (χ0v) is 26.3. The van der Waals surface area contributed by atoms with E-state index in [2.05, 4.69) is 10.6 Å². The molecular weight excluding hydrogens is 572 g/mol. The van der Waals surface area contributed by atoms with Crippen LogP contribution in [0.5, 0.6) is 17.2 Å². The fourth-order valence-corrected chi connectivity index (χ4v) is 4.65. The molecule has 3 aromatic rings. The Hall–Kier alpha value is -5.09. The summed E-state index contributed by atoms with van der Waals surface area (Å²) >= 11 is 0. The molecule has 0 saturated carbocycles.